The van der Waals surface area contributed by atoms with Gasteiger partial charge in [-0.25, -0.2) is 4.79 Å². The number of ether oxygens (including phenoxy) is 1. The number of fused-ring (bicyclic) bond motifs is 1. The molecule has 1 aromatic rings. The summed E-state index contributed by atoms with van der Waals surface area (Å²) in [6.07, 6.45) is -0.187. The van der Waals surface area contributed by atoms with Crippen molar-refractivity contribution in [2.45, 2.75) is 13.0 Å². The molecule has 12 heavy (non-hydrogen) atoms. The lowest BCUT2D eigenvalue weighted by Gasteiger charge is -2.00. The van der Waals surface area contributed by atoms with Crippen molar-refractivity contribution in [1.29, 1.82) is 0 Å². The lowest BCUT2D eigenvalue weighted by molar-refractivity contribution is 0.0421. The third-order valence-corrected chi connectivity index (χ3v) is 1.98. The molecule has 0 aliphatic carbocycles. The molecule has 0 fully saturated rings. The van der Waals surface area contributed by atoms with E-state index in [4.69, 9.17) is 9.84 Å². The number of rotatable bonds is 0. The van der Waals surface area contributed by atoms with E-state index in [-0.39, 0.29) is 17.8 Å². The summed E-state index contributed by atoms with van der Waals surface area (Å²) < 4.78 is 4.94. The zero-order chi connectivity index (χ0) is 8.72. The summed E-state index contributed by atoms with van der Waals surface area (Å²) in [4.78, 5) is 11.1. The molecule has 1 aliphatic heterocycles. The first-order chi connectivity index (χ1) is 5.68. The number of hydrogen-bond acceptors (Lipinski definition) is 3. The number of aromatic hydroxyl groups is 1. The van der Waals surface area contributed by atoms with E-state index in [9.17, 15) is 4.79 Å². The second kappa shape index (κ2) is 2.24. The largest absolute Gasteiger partial charge is 0.508 e. The molecule has 62 valence electrons. The van der Waals surface area contributed by atoms with Gasteiger partial charge in [0.15, 0.2) is 0 Å². The van der Waals surface area contributed by atoms with E-state index in [0.29, 0.717) is 5.56 Å². The first-order valence-electron chi connectivity index (χ1n) is 3.72. The summed E-state index contributed by atoms with van der Waals surface area (Å²) in [5.74, 6) is -0.256. The Morgan fingerprint density at radius 3 is 3.00 bits per heavy atom. The van der Waals surface area contributed by atoms with E-state index in [0.717, 1.165) is 5.56 Å². The highest BCUT2D eigenvalue weighted by molar-refractivity contribution is 5.94. The zero-order valence-corrected chi connectivity index (χ0v) is 6.57. The van der Waals surface area contributed by atoms with Crippen molar-refractivity contribution in [3.8, 4) is 5.75 Å². The molecule has 3 nitrogen and oxygen atoms in total. The summed E-state index contributed by atoms with van der Waals surface area (Å²) in [7, 11) is 0. The first-order valence-corrected chi connectivity index (χ1v) is 3.72. The van der Waals surface area contributed by atoms with Gasteiger partial charge >= 0.3 is 5.97 Å². The normalized spacial score (nSPS) is 20.4. The van der Waals surface area contributed by atoms with Crippen LogP contribution in [0.3, 0.4) is 0 Å². The van der Waals surface area contributed by atoms with Crippen molar-refractivity contribution in [3.63, 3.8) is 0 Å². The topological polar surface area (TPSA) is 46.5 Å². The Morgan fingerprint density at radius 1 is 1.50 bits per heavy atom. The fraction of sp³-hybridized carbons (Fsp3) is 0.222. The Bertz CT molecular complexity index is 344. The van der Waals surface area contributed by atoms with E-state index in [1.54, 1.807) is 19.1 Å². The minimum atomic E-state index is -0.353. The second-order valence-corrected chi connectivity index (χ2v) is 2.82. The van der Waals surface area contributed by atoms with Crippen LogP contribution in [0, 0.1) is 0 Å². The van der Waals surface area contributed by atoms with Crippen molar-refractivity contribution in [2.75, 3.05) is 0 Å². The second-order valence-electron chi connectivity index (χ2n) is 2.82. The van der Waals surface area contributed by atoms with Crippen LogP contribution in [-0.2, 0) is 4.74 Å². The number of benzene rings is 1. The Labute approximate surface area is 69.6 Å². The Kier molecular flexibility index (Phi) is 1.33. The monoisotopic (exact) mass is 164 g/mol. The molecule has 0 amide bonds. The molecular weight excluding hydrogens is 156 g/mol. The van der Waals surface area contributed by atoms with Crippen LogP contribution in [0.25, 0.3) is 0 Å². The summed E-state index contributed by atoms with van der Waals surface area (Å²) in [5, 5.41) is 9.09. The molecule has 3 heteroatoms. The molecule has 1 aromatic carbocycles. The molecule has 0 aromatic heterocycles. The molecule has 1 unspecified atom stereocenters. The highest BCUT2D eigenvalue weighted by atomic mass is 16.5. The molecule has 0 radical (unpaired) electrons. The molecule has 0 spiro atoms. The summed E-state index contributed by atoms with van der Waals surface area (Å²) >= 11 is 0. The molecule has 0 saturated carbocycles. The van der Waals surface area contributed by atoms with E-state index in [1.165, 1.54) is 6.07 Å². The lowest BCUT2D eigenvalue weighted by Crippen LogP contribution is -1.93. The first kappa shape index (κ1) is 7.16. The van der Waals surface area contributed by atoms with Crippen molar-refractivity contribution in [2.24, 2.45) is 0 Å². The predicted molar refractivity (Wildman–Crippen MR) is 41.9 cm³/mol. The Hall–Kier alpha value is -1.51. The van der Waals surface area contributed by atoms with E-state index in [1.807, 2.05) is 0 Å². The predicted octanol–water partition coefficient (Wildman–Crippen LogP) is 1.62. The molecule has 1 N–H and O–H groups in total. The van der Waals surface area contributed by atoms with Gasteiger partial charge in [-0.05, 0) is 19.1 Å². The van der Waals surface area contributed by atoms with Crippen molar-refractivity contribution in [3.05, 3.63) is 29.3 Å². The lowest BCUT2D eigenvalue weighted by atomic mass is 10.1. The number of carbonyl (C=O) groups excluding carboxylic acids is 1. The van der Waals surface area contributed by atoms with Gasteiger partial charge in [-0.1, -0.05) is 6.07 Å². The van der Waals surface area contributed by atoms with Gasteiger partial charge < -0.3 is 9.84 Å². The summed E-state index contributed by atoms with van der Waals surface area (Å²) in [5.41, 5.74) is 1.32. The highest BCUT2D eigenvalue weighted by Gasteiger charge is 2.27. The fourth-order valence-corrected chi connectivity index (χ4v) is 1.36. The fourth-order valence-electron chi connectivity index (χ4n) is 1.36. The Morgan fingerprint density at radius 2 is 2.25 bits per heavy atom. The third kappa shape index (κ3) is 0.863. The minimum Gasteiger partial charge on any atom is -0.508 e. The van der Waals surface area contributed by atoms with Crippen LogP contribution >= 0.6 is 0 Å². The maximum atomic E-state index is 11.1. The number of phenolic OH excluding ortho intramolecular Hbond substituents is 1. The summed E-state index contributed by atoms with van der Waals surface area (Å²) in [6.45, 7) is 1.81. The average molecular weight is 164 g/mol. The van der Waals surface area contributed by atoms with Crippen molar-refractivity contribution in [1.82, 2.24) is 0 Å². The standard InChI is InChI=1S/C9H8O3/c1-5-7-3-2-6(10)4-8(7)9(11)12-5/h2-5,10H,1H3. The van der Waals surface area contributed by atoms with E-state index < -0.39 is 0 Å². The van der Waals surface area contributed by atoms with Gasteiger partial charge in [-0.2, -0.15) is 0 Å². The number of carbonyl (C=O) groups is 1. The van der Waals surface area contributed by atoms with Crippen LogP contribution in [0.15, 0.2) is 18.2 Å². The molecule has 1 heterocycles. The Balaban J connectivity index is 2.60. The SMILES string of the molecule is CC1OC(=O)c2cc(O)ccc21. The molecule has 2 rings (SSSR count). The van der Waals surface area contributed by atoms with Gasteiger partial charge in [0.1, 0.15) is 11.9 Å². The van der Waals surface area contributed by atoms with Crippen LogP contribution in [-0.4, -0.2) is 11.1 Å². The van der Waals surface area contributed by atoms with Gasteiger partial charge in [0.05, 0.1) is 5.56 Å². The molecule has 0 saturated heterocycles. The van der Waals surface area contributed by atoms with Gasteiger partial charge in [0.2, 0.25) is 0 Å². The van der Waals surface area contributed by atoms with Gasteiger partial charge in [-0.3, -0.25) is 0 Å². The van der Waals surface area contributed by atoms with Crippen molar-refractivity contribution < 1.29 is 14.6 Å². The summed E-state index contributed by atoms with van der Waals surface area (Å²) in [6, 6.07) is 4.69. The van der Waals surface area contributed by atoms with E-state index >= 15 is 0 Å². The molecular formula is C9H8O3. The van der Waals surface area contributed by atoms with Crippen LogP contribution in [0.4, 0.5) is 0 Å². The van der Waals surface area contributed by atoms with Crippen LogP contribution in [0.2, 0.25) is 0 Å². The van der Waals surface area contributed by atoms with Crippen LogP contribution in [0.1, 0.15) is 28.9 Å². The number of hydrogen-bond donors (Lipinski definition) is 1. The maximum absolute atomic E-state index is 11.1. The quantitative estimate of drug-likeness (QED) is 0.592. The number of esters is 1. The molecule has 1 aliphatic rings. The average Bonchev–Trinajstić information content (AvgIpc) is 2.28. The zero-order valence-electron chi connectivity index (χ0n) is 6.57. The molecule has 1 atom stereocenters. The van der Waals surface area contributed by atoms with E-state index in [2.05, 4.69) is 0 Å². The minimum absolute atomic E-state index is 0.0970. The maximum Gasteiger partial charge on any atom is 0.339 e. The smallest absolute Gasteiger partial charge is 0.339 e. The molecule has 0 bridgehead atoms. The number of cyclic esters (lactones) is 1. The van der Waals surface area contributed by atoms with Gasteiger partial charge in [0, 0.05) is 5.56 Å². The van der Waals surface area contributed by atoms with Gasteiger partial charge in [0.25, 0.3) is 0 Å². The van der Waals surface area contributed by atoms with Crippen LogP contribution < -0.4 is 0 Å². The third-order valence-electron chi connectivity index (χ3n) is 1.98. The highest BCUT2D eigenvalue weighted by Crippen LogP contribution is 2.31. The van der Waals surface area contributed by atoms with Crippen LogP contribution in [0.5, 0.6) is 5.75 Å². The number of phenols is 1. The van der Waals surface area contributed by atoms with Gasteiger partial charge in [-0.15, -0.1) is 0 Å². The van der Waals surface area contributed by atoms with Crippen molar-refractivity contribution >= 4 is 5.97 Å².